The maximum absolute atomic E-state index is 12.1. The molecule has 0 bridgehead atoms. The standard InChI is InChI=1S/C19H30ClN3O2S/c1-4-25-18-11-15(20)10-9-14(18)13-22-19(21-3)23-16-7-6-8-17(12-16)26(24)5-2/h9-11,16-17H,4-8,12-13H2,1-3H3,(H2,21,22,23). The van der Waals surface area contributed by atoms with Crippen molar-refractivity contribution in [2.45, 2.75) is 57.4 Å². The van der Waals surface area contributed by atoms with Crippen LogP contribution < -0.4 is 15.4 Å². The maximum Gasteiger partial charge on any atom is 0.191 e. The van der Waals surface area contributed by atoms with E-state index in [0.717, 1.165) is 48.7 Å². The SMILES string of the molecule is CCOc1cc(Cl)ccc1CNC(=NC)NC1CCCC(S(=O)CC)C1. The van der Waals surface area contributed by atoms with E-state index in [0.29, 0.717) is 29.5 Å². The summed E-state index contributed by atoms with van der Waals surface area (Å²) in [6, 6.07) is 5.98. The molecule has 5 nitrogen and oxygen atoms in total. The van der Waals surface area contributed by atoms with E-state index in [2.05, 4.69) is 15.6 Å². The number of nitrogens with one attached hydrogen (secondary N) is 2. The molecule has 1 aliphatic carbocycles. The van der Waals surface area contributed by atoms with E-state index in [1.165, 1.54) is 0 Å². The average molecular weight is 400 g/mol. The molecule has 7 heteroatoms. The Bertz CT molecular complexity index is 639. The van der Waals surface area contributed by atoms with Crippen molar-refractivity contribution in [1.29, 1.82) is 0 Å². The Balaban J connectivity index is 1.93. The van der Waals surface area contributed by atoms with Gasteiger partial charge in [-0.15, -0.1) is 0 Å². The summed E-state index contributed by atoms with van der Waals surface area (Å²) in [5.74, 6) is 2.29. The fraction of sp³-hybridized carbons (Fsp3) is 0.632. The molecule has 0 saturated heterocycles. The zero-order chi connectivity index (χ0) is 18.9. The van der Waals surface area contributed by atoms with Gasteiger partial charge >= 0.3 is 0 Å². The molecular formula is C19H30ClN3O2S. The highest BCUT2D eigenvalue weighted by Crippen LogP contribution is 2.24. The van der Waals surface area contributed by atoms with Crippen molar-refractivity contribution in [2.24, 2.45) is 4.99 Å². The summed E-state index contributed by atoms with van der Waals surface area (Å²) < 4.78 is 17.8. The number of halogens is 1. The maximum atomic E-state index is 12.1. The van der Waals surface area contributed by atoms with Gasteiger partial charge in [0.25, 0.3) is 0 Å². The quantitative estimate of drug-likeness (QED) is 0.544. The minimum absolute atomic E-state index is 0.296. The van der Waals surface area contributed by atoms with Gasteiger partial charge in [-0.1, -0.05) is 31.0 Å². The molecular weight excluding hydrogens is 370 g/mol. The van der Waals surface area contributed by atoms with Crippen LogP contribution >= 0.6 is 11.6 Å². The Morgan fingerprint density at radius 1 is 1.38 bits per heavy atom. The number of nitrogens with zero attached hydrogens (tertiary/aromatic N) is 1. The lowest BCUT2D eigenvalue weighted by Crippen LogP contribution is -2.46. The van der Waals surface area contributed by atoms with E-state index in [1.807, 2.05) is 32.0 Å². The van der Waals surface area contributed by atoms with Gasteiger partial charge in [0.15, 0.2) is 5.96 Å². The van der Waals surface area contributed by atoms with E-state index in [4.69, 9.17) is 16.3 Å². The molecule has 3 unspecified atom stereocenters. The third-order valence-corrected chi connectivity index (χ3v) is 6.60. The molecule has 0 heterocycles. The van der Waals surface area contributed by atoms with Crippen LogP contribution in [0, 0.1) is 0 Å². The van der Waals surface area contributed by atoms with Crippen molar-refractivity contribution < 1.29 is 8.95 Å². The molecule has 1 aromatic carbocycles. The van der Waals surface area contributed by atoms with Gasteiger partial charge in [0, 0.05) is 52.0 Å². The van der Waals surface area contributed by atoms with Crippen LogP contribution in [-0.2, 0) is 17.3 Å². The molecule has 2 rings (SSSR count). The van der Waals surface area contributed by atoms with Crippen LogP contribution in [0.1, 0.15) is 45.1 Å². The van der Waals surface area contributed by atoms with E-state index in [-0.39, 0.29) is 0 Å². The van der Waals surface area contributed by atoms with Crippen LogP contribution in [0.15, 0.2) is 23.2 Å². The third-order valence-electron chi connectivity index (χ3n) is 4.62. The fourth-order valence-corrected chi connectivity index (χ4v) is 4.79. The Morgan fingerprint density at radius 2 is 2.19 bits per heavy atom. The average Bonchev–Trinajstić information content (AvgIpc) is 2.66. The predicted octanol–water partition coefficient (Wildman–Crippen LogP) is 3.48. The number of benzene rings is 1. The monoisotopic (exact) mass is 399 g/mol. The van der Waals surface area contributed by atoms with Crippen molar-refractivity contribution in [3.63, 3.8) is 0 Å². The molecule has 1 fully saturated rings. The first kappa shape index (κ1) is 21.0. The second kappa shape index (κ2) is 10.8. The molecule has 0 amide bonds. The number of hydrogen-bond acceptors (Lipinski definition) is 3. The molecule has 1 aromatic rings. The summed E-state index contributed by atoms with van der Waals surface area (Å²) in [6.07, 6.45) is 4.19. The van der Waals surface area contributed by atoms with Crippen molar-refractivity contribution in [3.05, 3.63) is 28.8 Å². The van der Waals surface area contributed by atoms with E-state index >= 15 is 0 Å². The first-order valence-corrected chi connectivity index (χ1v) is 11.1. The molecule has 0 spiro atoms. The number of rotatable bonds is 7. The van der Waals surface area contributed by atoms with E-state index < -0.39 is 10.8 Å². The topological polar surface area (TPSA) is 62.7 Å². The Hall–Kier alpha value is -1.27. The van der Waals surface area contributed by atoms with Gasteiger partial charge in [0.1, 0.15) is 5.75 Å². The molecule has 1 aliphatic rings. The summed E-state index contributed by atoms with van der Waals surface area (Å²) in [6.45, 7) is 5.15. The summed E-state index contributed by atoms with van der Waals surface area (Å²) in [5, 5.41) is 7.79. The van der Waals surface area contributed by atoms with Crippen molar-refractivity contribution in [1.82, 2.24) is 10.6 Å². The normalized spacial score (nSPS) is 21.9. The van der Waals surface area contributed by atoms with Gasteiger partial charge in [-0.3, -0.25) is 9.20 Å². The fourth-order valence-electron chi connectivity index (χ4n) is 3.28. The van der Waals surface area contributed by atoms with E-state index in [9.17, 15) is 4.21 Å². The van der Waals surface area contributed by atoms with Gasteiger partial charge in [-0.25, -0.2) is 0 Å². The van der Waals surface area contributed by atoms with Crippen molar-refractivity contribution in [2.75, 3.05) is 19.4 Å². The molecule has 26 heavy (non-hydrogen) atoms. The Labute approximate surface area is 164 Å². The second-order valence-corrected chi connectivity index (χ2v) is 8.85. The zero-order valence-corrected chi connectivity index (χ0v) is 17.5. The number of ether oxygens (including phenoxy) is 1. The van der Waals surface area contributed by atoms with Crippen molar-refractivity contribution in [3.8, 4) is 5.75 Å². The highest BCUT2D eigenvalue weighted by molar-refractivity contribution is 7.85. The van der Waals surface area contributed by atoms with E-state index in [1.54, 1.807) is 7.05 Å². The molecule has 146 valence electrons. The van der Waals surface area contributed by atoms with Gasteiger partial charge in [-0.2, -0.15) is 0 Å². The van der Waals surface area contributed by atoms with Crippen LogP contribution in [-0.4, -0.2) is 40.9 Å². The van der Waals surface area contributed by atoms with Gasteiger partial charge in [-0.05, 0) is 38.3 Å². The third kappa shape index (κ3) is 6.16. The molecule has 0 aliphatic heterocycles. The van der Waals surface area contributed by atoms with Gasteiger partial charge in [0.2, 0.25) is 0 Å². The van der Waals surface area contributed by atoms with Gasteiger partial charge in [0.05, 0.1) is 6.61 Å². The lowest BCUT2D eigenvalue weighted by Gasteiger charge is -2.30. The predicted molar refractivity (Wildman–Crippen MR) is 111 cm³/mol. The zero-order valence-electron chi connectivity index (χ0n) is 15.9. The molecule has 2 N–H and O–H groups in total. The highest BCUT2D eigenvalue weighted by atomic mass is 35.5. The molecule has 3 atom stereocenters. The number of hydrogen-bond donors (Lipinski definition) is 2. The Kier molecular flexibility index (Phi) is 8.72. The minimum atomic E-state index is -0.721. The Morgan fingerprint density at radius 3 is 2.88 bits per heavy atom. The lowest BCUT2D eigenvalue weighted by molar-refractivity contribution is 0.336. The summed E-state index contributed by atoms with van der Waals surface area (Å²) in [5.41, 5.74) is 1.04. The van der Waals surface area contributed by atoms with Crippen LogP contribution in [0.25, 0.3) is 0 Å². The minimum Gasteiger partial charge on any atom is -0.493 e. The van der Waals surface area contributed by atoms with Crippen LogP contribution in [0.2, 0.25) is 5.02 Å². The lowest BCUT2D eigenvalue weighted by atomic mass is 9.95. The molecule has 1 saturated carbocycles. The number of guanidine groups is 1. The largest absolute Gasteiger partial charge is 0.493 e. The van der Waals surface area contributed by atoms with Crippen LogP contribution in [0.3, 0.4) is 0 Å². The summed E-state index contributed by atoms with van der Waals surface area (Å²) in [4.78, 5) is 4.33. The number of aliphatic imine (C=N–C) groups is 1. The smallest absolute Gasteiger partial charge is 0.191 e. The van der Waals surface area contributed by atoms with Crippen LogP contribution in [0.4, 0.5) is 0 Å². The summed E-state index contributed by atoms with van der Waals surface area (Å²) >= 11 is 6.06. The molecule has 0 radical (unpaired) electrons. The first-order valence-electron chi connectivity index (χ1n) is 9.32. The van der Waals surface area contributed by atoms with Crippen LogP contribution in [0.5, 0.6) is 5.75 Å². The summed E-state index contributed by atoms with van der Waals surface area (Å²) in [7, 11) is 1.05. The molecule has 0 aromatic heterocycles. The van der Waals surface area contributed by atoms with Gasteiger partial charge < -0.3 is 15.4 Å². The van der Waals surface area contributed by atoms with Crippen molar-refractivity contribution >= 4 is 28.4 Å². The highest BCUT2D eigenvalue weighted by Gasteiger charge is 2.26. The second-order valence-electron chi connectivity index (χ2n) is 6.41. The first-order chi connectivity index (χ1) is 12.6.